The zero-order valence-electron chi connectivity index (χ0n) is 17.2. The molecule has 3 heterocycles. The number of ether oxygens (including phenoxy) is 2. The molecule has 2 fully saturated rings. The Morgan fingerprint density at radius 2 is 1.76 bits per heavy atom. The van der Waals surface area contributed by atoms with Crippen molar-refractivity contribution in [3.8, 4) is 17.5 Å². The lowest BCUT2D eigenvalue weighted by Gasteiger charge is -2.33. The lowest BCUT2D eigenvalue weighted by Crippen LogP contribution is -2.45. The van der Waals surface area contributed by atoms with Crippen LogP contribution in [0.2, 0.25) is 0 Å². The Balaban J connectivity index is 1.56. The van der Waals surface area contributed by atoms with Gasteiger partial charge in [-0.25, -0.2) is 5.43 Å². The van der Waals surface area contributed by atoms with Crippen LogP contribution in [0.5, 0.6) is 17.5 Å². The second-order valence-corrected chi connectivity index (χ2v) is 7.58. The number of hydrogen-bond acceptors (Lipinski definition) is 9. The first kappa shape index (κ1) is 19.7. The van der Waals surface area contributed by atoms with E-state index in [-0.39, 0.29) is 6.17 Å². The van der Waals surface area contributed by atoms with E-state index in [4.69, 9.17) is 9.47 Å². The summed E-state index contributed by atoms with van der Waals surface area (Å²) in [6.07, 6.45) is 1.07. The fourth-order valence-corrected chi connectivity index (χ4v) is 3.47. The van der Waals surface area contributed by atoms with Crippen LogP contribution < -0.4 is 30.5 Å². The summed E-state index contributed by atoms with van der Waals surface area (Å²) in [5.74, 6) is 3.06. The SMILES string of the molecule is COc1ccc(Oc2nc(NC3CC(C)NN3)cc(N3CCN(C)CC3)n2)cc1. The highest BCUT2D eigenvalue weighted by molar-refractivity contribution is 5.51. The molecule has 1 aromatic heterocycles. The van der Waals surface area contributed by atoms with Gasteiger partial charge in [-0.3, -0.25) is 5.43 Å². The summed E-state index contributed by atoms with van der Waals surface area (Å²) in [4.78, 5) is 13.9. The minimum absolute atomic E-state index is 0.106. The van der Waals surface area contributed by atoms with Gasteiger partial charge in [0, 0.05) is 38.3 Å². The van der Waals surface area contributed by atoms with E-state index in [1.54, 1.807) is 7.11 Å². The predicted octanol–water partition coefficient (Wildman–Crippen LogP) is 1.65. The van der Waals surface area contributed by atoms with Crippen molar-refractivity contribution in [3.05, 3.63) is 30.3 Å². The molecule has 9 heteroatoms. The Morgan fingerprint density at radius 1 is 1.03 bits per heavy atom. The first-order chi connectivity index (χ1) is 14.1. The van der Waals surface area contributed by atoms with E-state index in [1.807, 2.05) is 30.3 Å². The first-order valence-electron chi connectivity index (χ1n) is 10.0. The van der Waals surface area contributed by atoms with Crippen molar-refractivity contribution in [3.63, 3.8) is 0 Å². The van der Waals surface area contributed by atoms with Gasteiger partial charge in [-0.05, 0) is 44.7 Å². The monoisotopic (exact) mass is 399 g/mol. The van der Waals surface area contributed by atoms with E-state index >= 15 is 0 Å². The molecule has 2 aromatic rings. The number of aromatic nitrogens is 2. The van der Waals surface area contributed by atoms with Crippen LogP contribution in [-0.2, 0) is 0 Å². The van der Waals surface area contributed by atoms with Crippen LogP contribution in [0, 0.1) is 0 Å². The molecule has 3 N–H and O–H groups in total. The number of rotatable bonds is 6. The Labute approximate surface area is 171 Å². The van der Waals surface area contributed by atoms with E-state index in [9.17, 15) is 0 Å². The molecule has 9 nitrogen and oxygen atoms in total. The van der Waals surface area contributed by atoms with E-state index in [1.165, 1.54) is 0 Å². The minimum Gasteiger partial charge on any atom is -0.497 e. The van der Waals surface area contributed by atoms with Crippen molar-refractivity contribution in [2.75, 3.05) is 50.6 Å². The molecule has 156 valence electrons. The van der Waals surface area contributed by atoms with Gasteiger partial charge in [-0.15, -0.1) is 0 Å². The van der Waals surface area contributed by atoms with Crippen LogP contribution in [-0.4, -0.2) is 67.4 Å². The van der Waals surface area contributed by atoms with Gasteiger partial charge in [0.1, 0.15) is 23.1 Å². The molecule has 0 spiro atoms. The molecule has 0 bridgehead atoms. The first-order valence-corrected chi connectivity index (χ1v) is 10.0. The second-order valence-electron chi connectivity index (χ2n) is 7.58. The quantitative estimate of drug-likeness (QED) is 0.671. The van der Waals surface area contributed by atoms with Crippen LogP contribution in [0.15, 0.2) is 30.3 Å². The number of methoxy groups -OCH3 is 1. The van der Waals surface area contributed by atoms with Crippen LogP contribution >= 0.6 is 0 Å². The van der Waals surface area contributed by atoms with Crippen LogP contribution in [0.1, 0.15) is 13.3 Å². The summed E-state index contributed by atoms with van der Waals surface area (Å²) in [6, 6.07) is 10.1. The van der Waals surface area contributed by atoms with Crippen molar-refractivity contribution < 1.29 is 9.47 Å². The third-order valence-electron chi connectivity index (χ3n) is 5.20. The average molecular weight is 399 g/mol. The van der Waals surface area contributed by atoms with E-state index in [2.05, 4.69) is 49.9 Å². The highest BCUT2D eigenvalue weighted by Crippen LogP contribution is 2.26. The number of benzene rings is 1. The van der Waals surface area contributed by atoms with Gasteiger partial charge in [-0.2, -0.15) is 9.97 Å². The Morgan fingerprint density at radius 3 is 2.41 bits per heavy atom. The number of anilines is 2. The topological polar surface area (TPSA) is 86.8 Å². The molecule has 0 radical (unpaired) electrons. The van der Waals surface area contributed by atoms with Gasteiger partial charge >= 0.3 is 6.01 Å². The van der Waals surface area contributed by atoms with Gasteiger partial charge in [0.2, 0.25) is 0 Å². The fraction of sp³-hybridized carbons (Fsp3) is 0.500. The van der Waals surface area contributed by atoms with E-state index in [0.717, 1.165) is 50.0 Å². The van der Waals surface area contributed by atoms with Crippen molar-refractivity contribution in [2.24, 2.45) is 0 Å². The van der Waals surface area contributed by atoms with Crippen LogP contribution in [0.3, 0.4) is 0 Å². The molecule has 0 saturated carbocycles. The summed E-state index contributed by atoms with van der Waals surface area (Å²) < 4.78 is 11.2. The summed E-state index contributed by atoms with van der Waals surface area (Å²) >= 11 is 0. The number of piperazine rings is 1. The molecule has 2 unspecified atom stereocenters. The predicted molar refractivity (Wildman–Crippen MR) is 113 cm³/mol. The largest absolute Gasteiger partial charge is 0.497 e. The Kier molecular flexibility index (Phi) is 5.98. The smallest absolute Gasteiger partial charge is 0.325 e. The van der Waals surface area contributed by atoms with E-state index in [0.29, 0.717) is 17.8 Å². The fourth-order valence-electron chi connectivity index (χ4n) is 3.47. The van der Waals surface area contributed by atoms with Gasteiger partial charge < -0.3 is 24.6 Å². The highest BCUT2D eigenvalue weighted by Gasteiger charge is 2.22. The van der Waals surface area contributed by atoms with Crippen LogP contribution in [0.25, 0.3) is 0 Å². The maximum Gasteiger partial charge on any atom is 0.325 e. The number of likely N-dealkylation sites (N-methyl/N-ethyl adjacent to an activating group) is 1. The second kappa shape index (κ2) is 8.81. The minimum atomic E-state index is 0.106. The standard InChI is InChI=1S/C20H29N7O2/c1-14-12-18(25-24-14)21-17-13-19(27-10-8-26(2)9-11-27)23-20(22-17)29-16-6-4-15(28-3)5-7-16/h4-7,13-14,18,24-25H,8-12H2,1-3H3,(H,21,22,23). The summed E-state index contributed by atoms with van der Waals surface area (Å²) in [7, 11) is 3.78. The van der Waals surface area contributed by atoms with E-state index < -0.39 is 0 Å². The lowest BCUT2D eigenvalue weighted by molar-refractivity contribution is 0.311. The summed E-state index contributed by atoms with van der Waals surface area (Å²) in [5, 5.41) is 3.44. The molecule has 29 heavy (non-hydrogen) atoms. The molecule has 2 saturated heterocycles. The maximum atomic E-state index is 5.97. The van der Waals surface area contributed by atoms with Gasteiger partial charge in [0.05, 0.1) is 13.3 Å². The molecular weight excluding hydrogens is 370 g/mol. The highest BCUT2D eigenvalue weighted by atomic mass is 16.5. The molecule has 2 aliphatic rings. The summed E-state index contributed by atoms with van der Waals surface area (Å²) in [5.41, 5.74) is 6.47. The molecule has 4 rings (SSSR count). The normalized spacial score (nSPS) is 22.5. The average Bonchev–Trinajstić information content (AvgIpc) is 3.13. The number of hydrogen-bond donors (Lipinski definition) is 3. The third kappa shape index (κ3) is 5.06. The van der Waals surface area contributed by atoms with Crippen LogP contribution in [0.4, 0.5) is 11.6 Å². The molecule has 0 amide bonds. The maximum absolute atomic E-state index is 5.97. The molecule has 1 aromatic carbocycles. The van der Waals surface area contributed by atoms with Crippen molar-refractivity contribution in [1.82, 2.24) is 25.7 Å². The van der Waals surface area contributed by atoms with Crippen molar-refractivity contribution in [1.29, 1.82) is 0 Å². The zero-order chi connectivity index (χ0) is 20.2. The van der Waals surface area contributed by atoms with Gasteiger partial charge in [-0.1, -0.05) is 0 Å². The van der Waals surface area contributed by atoms with Crippen molar-refractivity contribution >= 4 is 11.6 Å². The molecule has 2 atom stereocenters. The molecule has 0 aliphatic carbocycles. The van der Waals surface area contributed by atoms with Crippen molar-refractivity contribution in [2.45, 2.75) is 25.6 Å². The number of nitrogens with one attached hydrogen (secondary N) is 3. The van der Waals surface area contributed by atoms with Gasteiger partial charge in [0.25, 0.3) is 0 Å². The Hall–Kier alpha value is -2.62. The molecular formula is C20H29N7O2. The Bertz CT molecular complexity index is 809. The van der Waals surface area contributed by atoms with Gasteiger partial charge in [0.15, 0.2) is 0 Å². The zero-order valence-corrected chi connectivity index (χ0v) is 17.2. The third-order valence-corrected chi connectivity index (χ3v) is 5.20. The lowest BCUT2D eigenvalue weighted by atomic mass is 10.2. The number of hydrazine groups is 1. The number of nitrogens with zero attached hydrogens (tertiary/aromatic N) is 4. The summed E-state index contributed by atoms with van der Waals surface area (Å²) in [6.45, 7) is 6.01. The molecule has 2 aliphatic heterocycles.